The van der Waals surface area contributed by atoms with Gasteiger partial charge in [-0.3, -0.25) is 9.59 Å². The number of hydrogen-bond donors (Lipinski definition) is 0. The highest BCUT2D eigenvalue weighted by atomic mass is 16.7. The summed E-state index contributed by atoms with van der Waals surface area (Å²) in [6, 6.07) is 13.3. The van der Waals surface area contributed by atoms with E-state index < -0.39 is 0 Å². The van der Waals surface area contributed by atoms with Crippen LogP contribution in [0, 0.1) is 0 Å². The molecule has 0 saturated carbocycles. The van der Waals surface area contributed by atoms with E-state index in [-0.39, 0.29) is 31.2 Å². The monoisotopic (exact) mass is 350 g/mol. The highest BCUT2D eigenvalue weighted by Gasteiger charge is 2.38. The molecule has 0 radical (unpaired) electrons. The Morgan fingerprint density at radius 2 is 1.92 bits per heavy atom. The first kappa shape index (κ1) is 15.3. The number of fused-ring (bicyclic) bond motifs is 4. The van der Waals surface area contributed by atoms with Crippen molar-refractivity contribution < 1.29 is 19.1 Å². The molecule has 132 valence electrons. The number of amides is 2. The van der Waals surface area contributed by atoms with Crippen molar-refractivity contribution in [1.29, 1.82) is 0 Å². The molecule has 1 saturated heterocycles. The minimum atomic E-state index is -0.153. The fourth-order valence-corrected chi connectivity index (χ4v) is 4.04. The standard InChI is InChI=1S/C20H18N2O4/c23-19-11-21(20(24)14-5-6-17-18(9-14)26-12-25-17)10-16-15-4-2-1-3-13(15)7-8-22(16)19/h1-6,9,16H,7-8,10-12H2. The molecular weight excluding hydrogens is 332 g/mol. The van der Waals surface area contributed by atoms with E-state index in [2.05, 4.69) is 12.1 Å². The third kappa shape index (κ3) is 2.33. The van der Waals surface area contributed by atoms with Gasteiger partial charge in [0.25, 0.3) is 5.91 Å². The van der Waals surface area contributed by atoms with E-state index in [4.69, 9.17) is 9.47 Å². The summed E-state index contributed by atoms with van der Waals surface area (Å²) >= 11 is 0. The van der Waals surface area contributed by atoms with Crippen LogP contribution in [-0.4, -0.2) is 48.0 Å². The van der Waals surface area contributed by atoms with Crippen LogP contribution in [0.25, 0.3) is 0 Å². The number of ether oxygens (including phenoxy) is 2. The van der Waals surface area contributed by atoms with Crippen LogP contribution in [0.2, 0.25) is 0 Å². The average Bonchev–Trinajstić information content (AvgIpc) is 3.15. The predicted molar refractivity (Wildman–Crippen MR) is 93.1 cm³/mol. The highest BCUT2D eigenvalue weighted by Crippen LogP contribution is 2.35. The second kappa shape index (κ2) is 5.76. The van der Waals surface area contributed by atoms with Crippen LogP contribution in [0.15, 0.2) is 42.5 Å². The molecule has 0 aliphatic carbocycles. The van der Waals surface area contributed by atoms with Gasteiger partial charge in [-0.1, -0.05) is 24.3 Å². The summed E-state index contributed by atoms with van der Waals surface area (Å²) in [5.74, 6) is 1.07. The van der Waals surface area contributed by atoms with E-state index in [1.807, 2.05) is 17.0 Å². The zero-order chi connectivity index (χ0) is 17.7. The van der Waals surface area contributed by atoms with Gasteiger partial charge in [0.05, 0.1) is 6.04 Å². The number of benzene rings is 2. The molecule has 3 heterocycles. The molecule has 6 heteroatoms. The van der Waals surface area contributed by atoms with E-state index in [9.17, 15) is 9.59 Å². The number of nitrogens with zero attached hydrogens (tertiary/aromatic N) is 2. The lowest BCUT2D eigenvalue weighted by atomic mass is 9.90. The Hall–Kier alpha value is -3.02. The lowest BCUT2D eigenvalue weighted by Crippen LogP contribution is -2.55. The molecular formula is C20H18N2O4. The van der Waals surface area contributed by atoms with Gasteiger partial charge < -0.3 is 19.3 Å². The fourth-order valence-electron chi connectivity index (χ4n) is 4.04. The molecule has 1 unspecified atom stereocenters. The highest BCUT2D eigenvalue weighted by molar-refractivity contribution is 5.97. The van der Waals surface area contributed by atoms with Gasteiger partial charge in [-0.05, 0) is 35.7 Å². The molecule has 3 aliphatic rings. The summed E-state index contributed by atoms with van der Waals surface area (Å²) in [6.07, 6.45) is 0.870. The van der Waals surface area contributed by atoms with Gasteiger partial charge in [-0.25, -0.2) is 0 Å². The molecule has 2 amide bonds. The molecule has 1 fully saturated rings. The third-order valence-electron chi connectivity index (χ3n) is 5.36. The van der Waals surface area contributed by atoms with Crippen LogP contribution in [-0.2, 0) is 11.2 Å². The van der Waals surface area contributed by atoms with Gasteiger partial charge in [-0.2, -0.15) is 0 Å². The van der Waals surface area contributed by atoms with Crippen LogP contribution in [0.5, 0.6) is 11.5 Å². The summed E-state index contributed by atoms with van der Waals surface area (Å²) in [5.41, 5.74) is 2.92. The van der Waals surface area contributed by atoms with Gasteiger partial charge in [0.1, 0.15) is 6.54 Å². The first-order chi connectivity index (χ1) is 12.7. The van der Waals surface area contributed by atoms with Crippen molar-refractivity contribution in [2.24, 2.45) is 0 Å². The van der Waals surface area contributed by atoms with E-state index in [0.29, 0.717) is 30.2 Å². The molecule has 1 atom stereocenters. The smallest absolute Gasteiger partial charge is 0.254 e. The molecule has 26 heavy (non-hydrogen) atoms. The van der Waals surface area contributed by atoms with Crippen molar-refractivity contribution in [1.82, 2.24) is 9.80 Å². The summed E-state index contributed by atoms with van der Waals surface area (Å²) in [5, 5.41) is 0. The second-order valence-corrected chi connectivity index (χ2v) is 6.81. The number of hydrogen-bond acceptors (Lipinski definition) is 4. The Balaban J connectivity index is 1.44. The number of rotatable bonds is 1. The van der Waals surface area contributed by atoms with Crippen molar-refractivity contribution in [2.45, 2.75) is 12.5 Å². The first-order valence-corrected chi connectivity index (χ1v) is 8.77. The van der Waals surface area contributed by atoms with Gasteiger partial charge in [0, 0.05) is 18.7 Å². The van der Waals surface area contributed by atoms with Crippen molar-refractivity contribution in [3.63, 3.8) is 0 Å². The molecule has 3 aliphatic heterocycles. The van der Waals surface area contributed by atoms with Crippen molar-refractivity contribution in [3.05, 3.63) is 59.2 Å². The number of carbonyl (C=O) groups excluding carboxylic acids is 2. The minimum absolute atomic E-state index is 0.00449. The largest absolute Gasteiger partial charge is 0.454 e. The molecule has 0 aromatic heterocycles. The zero-order valence-corrected chi connectivity index (χ0v) is 14.2. The van der Waals surface area contributed by atoms with Crippen LogP contribution in [0.4, 0.5) is 0 Å². The Bertz CT molecular complexity index is 910. The SMILES string of the molecule is O=C(c1ccc2c(c1)OCO2)N1CC(=O)N2CCc3ccccc3C2C1. The quantitative estimate of drug-likeness (QED) is 0.789. The second-order valence-electron chi connectivity index (χ2n) is 6.81. The van der Waals surface area contributed by atoms with E-state index >= 15 is 0 Å². The Labute approximate surface area is 150 Å². The molecule has 0 spiro atoms. The van der Waals surface area contributed by atoms with E-state index in [1.54, 1.807) is 23.1 Å². The van der Waals surface area contributed by atoms with E-state index in [0.717, 1.165) is 12.0 Å². The van der Waals surface area contributed by atoms with Gasteiger partial charge >= 0.3 is 0 Å². The summed E-state index contributed by atoms with van der Waals surface area (Å²) in [7, 11) is 0. The van der Waals surface area contributed by atoms with Crippen LogP contribution in [0.3, 0.4) is 0 Å². The van der Waals surface area contributed by atoms with Gasteiger partial charge in [0.2, 0.25) is 12.7 Å². The molecule has 2 aromatic rings. The van der Waals surface area contributed by atoms with Crippen LogP contribution in [0.1, 0.15) is 27.5 Å². The molecule has 6 nitrogen and oxygen atoms in total. The number of carbonyl (C=O) groups is 2. The van der Waals surface area contributed by atoms with Gasteiger partial charge in [0.15, 0.2) is 11.5 Å². The Morgan fingerprint density at radius 1 is 1.08 bits per heavy atom. The molecule has 5 rings (SSSR count). The maximum Gasteiger partial charge on any atom is 0.254 e. The maximum atomic E-state index is 13.0. The lowest BCUT2D eigenvalue weighted by molar-refractivity contribution is -0.139. The minimum Gasteiger partial charge on any atom is -0.454 e. The Morgan fingerprint density at radius 3 is 2.85 bits per heavy atom. The first-order valence-electron chi connectivity index (χ1n) is 8.77. The summed E-state index contributed by atoms with van der Waals surface area (Å²) < 4.78 is 10.7. The van der Waals surface area contributed by atoms with Crippen molar-refractivity contribution in [2.75, 3.05) is 26.4 Å². The van der Waals surface area contributed by atoms with Gasteiger partial charge in [-0.15, -0.1) is 0 Å². The maximum absolute atomic E-state index is 13.0. The normalized spacial score (nSPS) is 20.6. The zero-order valence-electron chi connectivity index (χ0n) is 14.2. The molecule has 0 bridgehead atoms. The summed E-state index contributed by atoms with van der Waals surface area (Å²) in [6.45, 7) is 1.51. The lowest BCUT2D eigenvalue weighted by Gasteiger charge is -2.44. The third-order valence-corrected chi connectivity index (χ3v) is 5.36. The fraction of sp³-hybridized carbons (Fsp3) is 0.300. The average molecular weight is 350 g/mol. The van der Waals surface area contributed by atoms with Crippen LogP contribution < -0.4 is 9.47 Å². The summed E-state index contributed by atoms with van der Waals surface area (Å²) in [4.78, 5) is 29.2. The van der Waals surface area contributed by atoms with Crippen LogP contribution >= 0.6 is 0 Å². The number of piperazine rings is 1. The predicted octanol–water partition coefficient (Wildman–Crippen LogP) is 2.00. The Kier molecular flexibility index (Phi) is 3.38. The molecule has 0 N–H and O–H groups in total. The van der Waals surface area contributed by atoms with Crippen molar-refractivity contribution in [3.8, 4) is 11.5 Å². The van der Waals surface area contributed by atoms with Crippen molar-refractivity contribution >= 4 is 11.8 Å². The molecule has 2 aromatic carbocycles. The van der Waals surface area contributed by atoms with E-state index in [1.165, 1.54) is 5.56 Å². The topological polar surface area (TPSA) is 59.1 Å².